The monoisotopic (exact) mass is 409 g/mol. The first kappa shape index (κ1) is 23.5. The summed E-state index contributed by atoms with van der Waals surface area (Å²) in [6.07, 6.45) is 3.18. The Labute approximate surface area is 181 Å². The molecule has 30 heavy (non-hydrogen) atoms. The summed E-state index contributed by atoms with van der Waals surface area (Å²) >= 11 is 0. The lowest BCUT2D eigenvalue weighted by Gasteiger charge is -2.29. The van der Waals surface area contributed by atoms with E-state index in [1.54, 1.807) is 18.2 Å². The number of ether oxygens (including phenoxy) is 1. The third-order valence-electron chi connectivity index (χ3n) is 5.05. The van der Waals surface area contributed by atoms with Gasteiger partial charge in [-0.25, -0.2) is 0 Å². The maximum atomic E-state index is 12.7. The lowest BCUT2D eigenvalue weighted by Crippen LogP contribution is -2.19. The lowest BCUT2D eigenvalue weighted by atomic mass is 9.78. The van der Waals surface area contributed by atoms with Crippen LogP contribution in [0.15, 0.2) is 36.4 Å². The van der Waals surface area contributed by atoms with Crippen molar-refractivity contribution >= 4 is 17.5 Å². The average molecular weight is 410 g/mol. The average Bonchev–Trinajstić information content (AvgIpc) is 2.65. The number of hydrogen-bond acceptors (Lipinski definition) is 4. The van der Waals surface area contributed by atoms with Crippen LogP contribution in [0.5, 0.6) is 11.5 Å². The first-order valence-electron chi connectivity index (χ1n) is 10.4. The van der Waals surface area contributed by atoms with Crippen molar-refractivity contribution in [2.45, 2.75) is 59.3 Å². The molecule has 0 saturated heterocycles. The third-order valence-corrected chi connectivity index (χ3v) is 5.05. The van der Waals surface area contributed by atoms with Gasteiger partial charge < -0.3 is 15.2 Å². The summed E-state index contributed by atoms with van der Waals surface area (Å²) < 4.78 is 5.98. The Bertz CT molecular complexity index is 927. The SMILES string of the molecule is CCOc1c(C(C)(C)C)cc(C(C)(C)C)c(O)c1C=CC(=O)c1ccc(NC)cc1. The quantitative estimate of drug-likeness (QED) is 0.433. The summed E-state index contributed by atoms with van der Waals surface area (Å²) in [7, 11) is 1.84. The van der Waals surface area contributed by atoms with Crippen molar-refractivity contribution in [3.63, 3.8) is 0 Å². The van der Waals surface area contributed by atoms with Crippen molar-refractivity contribution in [1.82, 2.24) is 0 Å². The second-order valence-electron chi connectivity index (χ2n) is 9.52. The second-order valence-corrected chi connectivity index (χ2v) is 9.52. The molecule has 0 atom stereocenters. The molecule has 0 aliphatic rings. The van der Waals surface area contributed by atoms with Crippen LogP contribution in [0.3, 0.4) is 0 Å². The van der Waals surface area contributed by atoms with Crippen LogP contribution in [0.4, 0.5) is 5.69 Å². The number of anilines is 1. The van der Waals surface area contributed by atoms with Gasteiger partial charge in [-0.3, -0.25) is 4.79 Å². The number of benzene rings is 2. The van der Waals surface area contributed by atoms with Gasteiger partial charge in [-0.15, -0.1) is 0 Å². The van der Waals surface area contributed by atoms with Crippen LogP contribution in [0, 0.1) is 0 Å². The van der Waals surface area contributed by atoms with Crippen molar-refractivity contribution in [2.75, 3.05) is 19.0 Å². The van der Waals surface area contributed by atoms with E-state index in [9.17, 15) is 9.90 Å². The van der Waals surface area contributed by atoms with Crippen LogP contribution < -0.4 is 10.1 Å². The summed E-state index contributed by atoms with van der Waals surface area (Å²) in [5.74, 6) is 0.664. The van der Waals surface area contributed by atoms with E-state index >= 15 is 0 Å². The normalized spacial score (nSPS) is 12.3. The van der Waals surface area contributed by atoms with E-state index in [1.807, 2.05) is 32.2 Å². The molecule has 0 aliphatic heterocycles. The number of phenols is 1. The molecule has 2 aromatic rings. The van der Waals surface area contributed by atoms with Crippen molar-refractivity contribution in [3.8, 4) is 11.5 Å². The molecule has 0 amide bonds. The van der Waals surface area contributed by atoms with Crippen molar-refractivity contribution in [3.05, 3.63) is 58.7 Å². The van der Waals surface area contributed by atoms with E-state index in [0.29, 0.717) is 23.5 Å². The van der Waals surface area contributed by atoms with Crippen molar-refractivity contribution in [2.24, 2.45) is 0 Å². The molecule has 4 heteroatoms. The van der Waals surface area contributed by atoms with E-state index in [0.717, 1.165) is 16.8 Å². The third kappa shape index (κ3) is 5.24. The Morgan fingerprint density at radius 1 is 1.03 bits per heavy atom. The molecule has 0 spiro atoms. The number of carbonyl (C=O) groups excluding carboxylic acids is 1. The first-order valence-corrected chi connectivity index (χ1v) is 10.4. The molecular weight excluding hydrogens is 374 g/mol. The molecule has 2 rings (SSSR count). The highest BCUT2D eigenvalue weighted by Gasteiger charge is 2.29. The zero-order valence-electron chi connectivity index (χ0n) is 19.5. The highest BCUT2D eigenvalue weighted by Crippen LogP contribution is 2.45. The van der Waals surface area contributed by atoms with Crippen molar-refractivity contribution in [1.29, 1.82) is 0 Å². The number of rotatable bonds is 6. The highest BCUT2D eigenvalue weighted by atomic mass is 16.5. The molecule has 162 valence electrons. The smallest absolute Gasteiger partial charge is 0.185 e. The Morgan fingerprint density at radius 3 is 2.07 bits per heavy atom. The van der Waals surface area contributed by atoms with Gasteiger partial charge in [-0.2, -0.15) is 0 Å². The van der Waals surface area contributed by atoms with Crippen LogP contribution in [0.1, 0.15) is 75.5 Å². The van der Waals surface area contributed by atoms with Crippen LogP contribution in [-0.4, -0.2) is 24.5 Å². The van der Waals surface area contributed by atoms with E-state index in [1.165, 1.54) is 6.08 Å². The van der Waals surface area contributed by atoms with Crippen LogP contribution in [0.2, 0.25) is 0 Å². The fourth-order valence-corrected chi connectivity index (χ4v) is 3.32. The van der Waals surface area contributed by atoms with Gasteiger partial charge in [0.1, 0.15) is 11.5 Å². The zero-order chi connectivity index (χ0) is 22.7. The molecule has 2 aromatic carbocycles. The van der Waals surface area contributed by atoms with Gasteiger partial charge in [0, 0.05) is 29.4 Å². The minimum Gasteiger partial charge on any atom is -0.507 e. The molecule has 0 bridgehead atoms. The van der Waals surface area contributed by atoms with E-state index in [4.69, 9.17) is 4.74 Å². The number of phenolic OH excluding ortho intramolecular Hbond substituents is 1. The van der Waals surface area contributed by atoms with Gasteiger partial charge in [0.15, 0.2) is 5.78 Å². The van der Waals surface area contributed by atoms with Crippen LogP contribution in [0.25, 0.3) is 6.08 Å². The molecule has 0 aliphatic carbocycles. The van der Waals surface area contributed by atoms with E-state index in [2.05, 4.69) is 46.9 Å². The van der Waals surface area contributed by atoms with Gasteiger partial charge in [-0.05, 0) is 60.2 Å². The Kier molecular flexibility index (Phi) is 7.02. The number of allylic oxidation sites excluding steroid dienone is 1. The maximum absolute atomic E-state index is 12.7. The topological polar surface area (TPSA) is 58.6 Å². The number of ketones is 1. The number of hydrogen-bond donors (Lipinski definition) is 2. The minimum absolute atomic E-state index is 0.127. The Balaban J connectivity index is 2.63. The summed E-state index contributed by atoms with van der Waals surface area (Å²) in [5.41, 5.74) is 3.48. The molecule has 0 heterocycles. The maximum Gasteiger partial charge on any atom is 0.185 e. The zero-order valence-corrected chi connectivity index (χ0v) is 19.5. The standard InChI is InChI=1S/C26H35NO3/c1-9-30-24-19(14-15-22(28)17-10-12-18(27-8)13-11-17)23(29)20(25(2,3)4)16-21(24)26(5,6)7/h10-16,27,29H,9H2,1-8H3. The fourth-order valence-electron chi connectivity index (χ4n) is 3.32. The molecule has 2 N–H and O–H groups in total. The van der Waals surface area contributed by atoms with Gasteiger partial charge in [0.25, 0.3) is 0 Å². The van der Waals surface area contributed by atoms with Gasteiger partial charge in [-0.1, -0.05) is 41.5 Å². The number of aromatic hydroxyl groups is 1. The Hall–Kier alpha value is -2.75. The van der Waals surface area contributed by atoms with Gasteiger partial charge in [0.05, 0.1) is 12.2 Å². The molecule has 0 fully saturated rings. The lowest BCUT2D eigenvalue weighted by molar-refractivity contribution is 0.104. The molecule has 0 aromatic heterocycles. The summed E-state index contributed by atoms with van der Waals surface area (Å²) in [6, 6.07) is 9.34. The first-order chi connectivity index (χ1) is 13.9. The molecular formula is C26H35NO3. The number of nitrogens with one attached hydrogen (secondary N) is 1. The highest BCUT2D eigenvalue weighted by molar-refractivity contribution is 6.07. The van der Waals surface area contributed by atoms with Crippen molar-refractivity contribution < 1.29 is 14.6 Å². The fraction of sp³-hybridized carbons (Fsp3) is 0.423. The molecule has 0 unspecified atom stereocenters. The van der Waals surface area contributed by atoms with Crippen LogP contribution >= 0.6 is 0 Å². The molecule has 4 nitrogen and oxygen atoms in total. The van der Waals surface area contributed by atoms with Gasteiger partial charge in [0.2, 0.25) is 0 Å². The van der Waals surface area contributed by atoms with Gasteiger partial charge >= 0.3 is 0 Å². The minimum atomic E-state index is -0.260. The predicted octanol–water partition coefficient (Wildman–Crippen LogP) is 6.32. The van der Waals surface area contributed by atoms with Crippen LogP contribution in [-0.2, 0) is 10.8 Å². The second kappa shape index (κ2) is 8.95. The summed E-state index contributed by atoms with van der Waals surface area (Å²) in [4.78, 5) is 12.7. The predicted molar refractivity (Wildman–Crippen MR) is 126 cm³/mol. The molecule has 0 saturated carbocycles. The summed E-state index contributed by atoms with van der Waals surface area (Å²) in [5, 5.41) is 14.2. The summed E-state index contributed by atoms with van der Waals surface area (Å²) in [6.45, 7) is 15.0. The number of carbonyl (C=O) groups is 1. The van der Waals surface area contributed by atoms with E-state index in [-0.39, 0.29) is 22.4 Å². The largest absolute Gasteiger partial charge is 0.507 e. The van der Waals surface area contributed by atoms with E-state index < -0.39 is 0 Å². The molecule has 0 radical (unpaired) electrons. The Morgan fingerprint density at radius 2 is 1.60 bits per heavy atom.